The van der Waals surface area contributed by atoms with Gasteiger partial charge in [0.05, 0.1) is 23.6 Å². The predicted octanol–water partition coefficient (Wildman–Crippen LogP) is 2.66. The number of rotatable bonds is 7. The summed E-state index contributed by atoms with van der Waals surface area (Å²) in [5.74, 6) is 1.19. The van der Waals surface area contributed by atoms with Crippen LogP contribution >= 0.6 is 0 Å². The molecule has 1 aromatic heterocycles. The molecule has 1 atom stereocenters. The summed E-state index contributed by atoms with van der Waals surface area (Å²) in [5.41, 5.74) is 1.20. The van der Waals surface area contributed by atoms with Gasteiger partial charge in [0.15, 0.2) is 9.84 Å². The van der Waals surface area contributed by atoms with Crippen molar-refractivity contribution < 1.29 is 22.0 Å². The van der Waals surface area contributed by atoms with E-state index in [0.717, 1.165) is 19.3 Å². The molecule has 0 radical (unpaired) electrons. The lowest BCUT2D eigenvalue weighted by Crippen LogP contribution is -2.26. The molecule has 1 aromatic carbocycles. The Bertz CT molecular complexity index is 906. The van der Waals surface area contributed by atoms with E-state index in [2.05, 4.69) is 10.3 Å². The highest BCUT2D eigenvalue weighted by molar-refractivity contribution is 7.91. The first kappa shape index (κ1) is 19.5. The predicted molar refractivity (Wildman–Crippen MR) is 99.3 cm³/mol. The van der Waals surface area contributed by atoms with Crippen molar-refractivity contribution in [2.45, 2.75) is 32.6 Å². The topological polar surface area (TPSA) is 89.3 Å². The minimum absolute atomic E-state index is 0.105. The molecule has 146 valence electrons. The number of oxazole rings is 1. The van der Waals surface area contributed by atoms with Crippen LogP contribution in [0.5, 0.6) is 0 Å². The van der Waals surface area contributed by atoms with Gasteiger partial charge in [-0.25, -0.2) is 17.8 Å². The Kier molecular flexibility index (Phi) is 5.94. The highest BCUT2D eigenvalue weighted by atomic mass is 32.2. The number of aromatic nitrogens is 1. The number of amides is 1. The lowest BCUT2D eigenvalue weighted by molar-refractivity contribution is -0.120. The number of hydrogen-bond donors (Lipinski definition) is 1. The lowest BCUT2D eigenvalue weighted by atomic mass is 10.0. The summed E-state index contributed by atoms with van der Waals surface area (Å²) in [4.78, 5) is 16.5. The van der Waals surface area contributed by atoms with Crippen LogP contribution in [0.3, 0.4) is 0 Å². The van der Waals surface area contributed by atoms with Gasteiger partial charge in [-0.15, -0.1) is 0 Å². The summed E-state index contributed by atoms with van der Waals surface area (Å²) in [7, 11) is -2.84. The van der Waals surface area contributed by atoms with Crippen molar-refractivity contribution in [2.24, 2.45) is 5.92 Å². The van der Waals surface area contributed by atoms with Crippen LogP contribution in [0, 0.1) is 18.7 Å². The van der Waals surface area contributed by atoms with Gasteiger partial charge in [0, 0.05) is 12.1 Å². The average Bonchev–Trinajstić information content (AvgIpc) is 3.14. The number of benzene rings is 1. The summed E-state index contributed by atoms with van der Waals surface area (Å²) >= 11 is 0. The third-order valence-electron chi connectivity index (χ3n) is 4.75. The molecule has 1 amide bonds. The van der Waals surface area contributed by atoms with Gasteiger partial charge < -0.3 is 9.73 Å². The second-order valence-corrected chi connectivity index (χ2v) is 9.20. The largest absolute Gasteiger partial charge is 0.441 e. The zero-order valence-electron chi connectivity index (χ0n) is 15.2. The summed E-state index contributed by atoms with van der Waals surface area (Å²) in [5, 5.41) is 2.84. The monoisotopic (exact) mass is 394 g/mol. The van der Waals surface area contributed by atoms with Gasteiger partial charge >= 0.3 is 0 Å². The SMILES string of the molecule is Cc1oc(-c2ccc(F)cc2)nc1CC(=O)NCCCC1CCS(=O)(=O)C1. The van der Waals surface area contributed by atoms with Gasteiger partial charge in [0.25, 0.3) is 0 Å². The molecule has 0 aliphatic carbocycles. The van der Waals surface area contributed by atoms with Crippen LogP contribution in [0.15, 0.2) is 28.7 Å². The van der Waals surface area contributed by atoms with Crippen LogP contribution in [0.25, 0.3) is 11.5 Å². The number of sulfone groups is 1. The van der Waals surface area contributed by atoms with Gasteiger partial charge in [0.2, 0.25) is 11.8 Å². The molecule has 0 spiro atoms. The number of carbonyl (C=O) groups is 1. The highest BCUT2D eigenvalue weighted by Crippen LogP contribution is 2.23. The minimum Gasteiger partial charge on any atom is -0.441 e. The first-order chi connectivity index (χ1) is 12.8. The summed E-state index contributed by atoms with van der Waals surface area (Å²) in [6.45, 7) is 2.25. The molecular weight excluding hydrogens is 371 g/mol. The molecule has 1 fully saturated rings. The number of carbonyl (C=O) groups excluding carboxylic acids is 1. The number of nitrogens with zero attached hydrogens (tertiary/aromatic N) is 1. The Hall–Kier alpha value is -2.22. The molecule has 1 aliphatic rings. The van der Waals surface area contributed by atoms with E-state index < -0.39 is 9.84 Å². The Morgan fingerprint density at radius 3 is 2.74 bits per heavy atom. The highest BCUT2D eigenvalue weighted by Gasteiger charge is 2.27. The number of nitrogens with one attached hydrogen (secondary N) is 1. The molecule has 8 heteroatoms. The molecule has 27 heavy (non-hydrogen) atoms. The zero-order valence-corrected chi connectivity index (χ0v) is 16.0. The Morgan fingerprint density at radius 1 is 1.33 bits per heavy atom. The minimum atomic E-state index is -2.84. The van der Waals surface area contributed by atoms with E-state index in [1.54, 1.807) is 19.1 Å². The van der Waals surface area contributed by atoms with Crippen LogP contribution in [0.1, 0.15) is 30.7 Å². The molecule has 3 rings (SSSR count). The Morgan fingerprint density at radius 2 is 2.07 bits per heavy atom. The zero-order chi connectivity index (χ0) is 19.4. The van der Waals surface area contributed by atoms with Crippen molar-refractivity contribution in [3.05, 3.63) is 41.5 Å². The van der Waals surface area contributed by atoms with E-state index >= 15 is 0 Å². The standard InChI is InChI=1S/C19H23FN2O4S/c1-13-17(22-19(26-13)15-4-6-16(20)7-5-15)11-18(23)21-9-2-3-14-8-10-27(24,25)12-14/h4-7,14H,2-3,8-12H2,1H3,(H,21,23). The fourth-order valence-corrected chi connectivity index (χ4v) is 5.15. The molecule has 1 unspecified atom stereocenters. The number of aryl methyl sites for hydroxylation is 1. The molecule has 0 saturated carbocycles. The van der Waals surface area contributed by atoms with Crippen molar-refractivity contribution in [2.75, 3.05) is 18.1 Å². The normalized spacial score (nSPS) is 18.5. The van der Waals surface area contributed by atoms with Crippen LogP contribution in [-0.2, 0) is 21.1 Å². The lowest BCUT2D eigenvalue weighted by Gasteiger charge is -2.08. The Balaban J connectivity index is 1.46. The number of halogens is 1. The van der Waals surface area contributed by atoms with E-state index in [-0.39, 0.29) is 35.6 Å². The maximum atomic E-state index is 13.0. The van der Waals surface area contributed by atoms with E-state index in [0.29, 0.717) is 29.5 Å². The van der Waals surface area contributed by atoms with Crippen LogP contribution < -0.4 is 5.32 Å². The van der Waals surface area contributed by atoms with E-state index in [1.807, 2.05) is 0 Å². The molecule has 1 N–H and O–H groups in total. The quantitative estimate of drug-likeness (QED) is 0.730. The van der Waals surface area contributed by atoms with Gasteiger partial charge in [-0.2, -0.15) is 0 Å². The molecule has 0 bridgehead atoms. The van der Waals surface area contributed by atoms with E-state index in [1.165, 1.54) is 12.1 Å². The van der Waals surface area contributed by atoms with Crippen molar-refractivity contribution in [1.82, 2.24) is 10.3 Å². The fourth-order valence-electron chi connectivity index (χ4n) is 3.24. The van der Waals surface area contributed by atoms with Gasteiger partial charge in [-0.3, -0.25) is 4.79 Å². The third kappa shape index (κ3) is 5.38. The van der Waals surface area contributed by atoms with Gasteiger partial charge in [-0.1, -0.05) is 0 Å². The molecule has 6 nitrogen and oxygen atoms in total. The average molecular weight is 394 g/mol. The second kappa shape index (κ2) is 8.21. The first-order valence-electron chi connectivity index (χ1n) is 9.02. The number of hydrogen-bond acceptors (Lipinski definition) is 5. The smallest absolute Gasteiger partial charge is 0.226 e. The van der Waals surface area contributed by atoms with Crippen molar-refractivity contribution in [3.63, 3.8) is 0 Å². The molecule has 2 heterocycles. The van der Waals surface area contributed by atoms with Crippen LogP contribution in [-0.4, -0.2) is 37.4 Å². The van der Waals surface area contributed by atoms with Crippen LogP contribution in [0.2, 0.25) is 0 Å². The Labute approximate surface area is 158 Å². The fraction of sp³-hybridized carbons (Fsp3) is 0.474. The van der Waals surface area contributed by atoms with Crippen molar-refractivity contribution in [3.8, 4) is 11.5 Å². The van der Waals surface area contributed by atoms with E-state index in [9.17, 15) is 17.6 Å². The maximum Gasteiger partial charge on any atom is 0.226 e. The van der Waals surface area contributed by atoms with Crippen molar-refractivity contribution in [1.29, 1.82) is 0 Å². The third-order valence-corrected chi connectivity index (χ3v) is 6.59. The van der Waals surface area contributed by atoms with Crippen LogP contribution in [0.4, 0.5) is 4.39 Å². The van der Waals surface area contributed by atoms with Crippen molar-refractivity contribution >= 4 is 15.7 Å². The molecule has 1 saturated heterocycles. The molecule has 2 aromatic rings. The first-order valence-corrected chi connectivity index (χ1v) is 10.8. The molecular formula is C19H23FN2O4S. The van der Waals surface area contributed by atoms with Gasteiger partial charge in [0.1, 0.15) is 11.6 Å². The summed E-state index contributed by atoms with van der Waals surface area (Å²) in [6.07, 6.45) is 2.39. The maximum absolute atomic E-state index is 13.0. The van der Waals surface area contributed by atoms with E-state index in [4.69, 9.17) is 4.42 Å². The summed E-state index contributed by atoms with van der Waals surface area (Å²) < 4.78 is 41.5. The molecule has 1 aliphatic heterocycles. The van der Waals surface area contributed by atoms with Gasteiger partial charge in [-0.05, 0) is 56.4 Å². The summed E-state index contributed by atoms with van der Waals surface area (Å²) in [6, 6.07) is 5.81. The second-order valence-electron chi connectivity index (χ2n) is 6.97.